The summed E-state index contributed by atoms with van der Waals surface area (Å²) in [5, 5.41) is 0. The Morgan fingerprint density at radius 3 is 1.75 bits per heavy atom. The maximum Gasteiger partial charge on any atom is 0.395 e. The minimum Gasteiger partial charge on any atom is -0.199 e. The van der Waals surface area contributed by atoms with Crippen molar-refractivity contribution >= 4 is 0 Å². The molecule has 0 unspecified atom stereocenters. The molecule has 0 aromatic carbocycles. The second-order valence-electron chi connectivity index (χ2n) is 4.26. The van der Waals surface area contributed by atoms with Crippen LogP contribution in [0.1, 0.15) is 19.8 Å². The molecule has 0 atom stereocenters. The molecule has 0 radical (unpaired) electrons. The van der Waals surface area contributed by atoms with Gasteiger partial charge < -0.3 is 0 Å². The van der Waals surface area contributed by atoms with Crippen LogP contribution in [0.2, 0.25) is 0 Å². The highest BCUT2D eigenvalue weighted by atomic mass is 19.4. The van der Waals surface area contributed by atoms with Crippen LogP contribution in [0.5, 0.6) is 0 Å². The first-order valence-electron chi connectivity index (χ1n) is 5.15. The molecular weight excluding hydrogens is 303 g/mol. The number of allylic oxidation sites excluding steroid dienone is 3. The van der Waals surface area contributed by atoms with E-state index >= 15 is 0 Å². The van der Waals surface area contributed by atoms with E-state index in [2.05, 4.69) is 6.58 Å². The highest BCUT2D eigenvalue weighted by Gasteiger charge is 2.72. The highest BCUT2D eigenvalue weighted by molar-refractivity contribution is 5.11. The first-order valence-corrected chi connectivity index (χ1v) is 5.15. The van der Waals surface area contributed by atoms with Gasteiger partial charge in [0, 0.05) is 0 Å². The van der Waals surface area contributed by atoms with Crippen molar-refractivity contribution in [2.24, 2.45) is 0 Å². The van der Waals surface area contributed by atoms with Crippen LogP contribution in [-0.4, -0.2) is 23.9 Å². The van der Waals surface area contributed by atoms with Crippen molar-refractivity contribution in [2.75, 3.05) is 0 Å². The van der Waals surface area contributed by atoms with Gasteiger partial charge in [0.25, 0.3) is 0 Å². The van der Waals surface area contributed by atoms with Crippen molar-refractivity contribution in [1.82, 2.24) is 0 Å². The van der Waals surface area contributed by atoms with Crippen LogP contribution in [0.4, 0.5) is 39.5 Å². The van der Waals surface area contributed by atoms with E-state index in [0.29, 0.717) is 6.08 Å². The first kappa shape index (κ1) is 18.8. The fourth-order valence-electron chi connectivity index (χ4n) is 1.12. The van der Waals surface area contributed by atoms with E-state index in [-0.39, 0.29) is 12.0 Å². The number of rotatable bonds is 6. The number of hydrogen-bond donors (Lipinski definition) is 0. The van der Waals surface area contributed by atoms with Crippen LogP contribution in [0.25, 0.3) is 0 Å². The largest absolute Gasteiger partial charge is 0.395 e. The summed E-state index contributed by atoms with van der Waals surface area (Å²) in [4.78, 5) is 0. The second-order valence-corrected chi connectivity index (χ2v) is 4.26. The number of hydrogen-bond acceptors (Lipinski definition) is 0. The van der Waals surface area contributed by atoms with Crippen molar-refractivity contribution in [3.05, 3.63) is 24.3 Å². The van der Waals surface area contributed by atoms with Crippen LogP contribution in [0, 0.1) is 0 Å². The summed E-state index contributed by atoms with van der Waals surface area (Å²) >= 11 is 0. The maximum absolute atomic E-state index is 13.0. The molecule has 20 heavy (non-hydrogen) atoms. The Labute approximate surface area is 108 Å². The van der Waals surface area contributed by atoms with Crippen LogP contribution in [0.3, 0.4) is 0 Å². The summed E-state index contributed by atoms with van der Waals surface area (Å²) in [5.41, 5.74) is 0.280. The molecule has 0 saturated heterocycles. The van der Waals surface area contributed by atoms with Crippen molar-refractivity contribution < 1.29 is 39.5 Å². The summed E-state index contributed by atoms with van der Waals surface area (Å²) in [6, 6.07) is 0. The molecule has 0 fully saturated rings. The standard InChI is InChI=1S/C11H11F9/c1-7(2)4-3-5-8(12,13)11(19,20)9(14,15)6-10(16,17)18/h3,5H,1,4,6H2,2H3/b5-3+. The third kappa shape index (κ3) is 4.75. The van der Waals surface area contributed by atoms with Gasteiger partial charge >= 0.3 is 23.9 Å². The van der Waals surface area contributed by atoms with Gasteiger partial charge in [0.15, 0.2) is 0 Å². The summed E-state index contributed by atoms with van der Waals surface area (Å²) in [5.74, 6) is -17.5. The van der Waals surface area contributed by atoms with Gasteiger partial charge in [-0.15, -0.1) is 0 Å². The summed E-state index contributed by atoms with van der Waals surface area (Å²) < 4.78 is 113. The molecule has 0 heterocycles. The molecule has 0 aromatic heterocycles. The summed E-state index contributed by atoms with van der Waals surface area (Å²) in [6.07, 6.45) is -9.43. The molecule has 0 aliphatic carbocycles. The Balaban J connectivity index is 5.26. The van der Waals surface area contributed by atoms with Gasteiger partial charge in [-0.05, 0) is 19.4 Å². The van der Waals surface area contributed by atoms with Crippen molar-refractivity contribution in [3.63, 3.8) is 0 Å². The van der Waals surface area contributed by atoms with Gasteiger partial charge in [-0.25, -0.2) is 0 Å². The fraction of sp³-hybridized carbons (Fsp3) is 0.636. The van der Waals surface area contributed by atoms with E-state index in [0.717, 1.165) is 0 Å². The Hall–Kier alpha value is -1.15. The van der Waals surface area contributed by atoms with Crippen molar-refractivity contribution in [2.45, 2.75) is 43.7 Å². The molecule has 0 rings (SSSR count). The number of alkyl halides is 9. The molecule has 0 amide bonds. The smallest absolute Gasteiger partial charge is 0.199 e. The lowest BCUT2D eigenvalue weighted by atomic mass is 10.0. The summed E-state index contributed by atoms with van der Waals surface area (Å²) in [6.45, 7) is 4.61. The highest BCUT2D eigenvalue weighted by Crippen LogP contribution is 2.50. The average Bonchev–Trinajstić information content (AvgIpc) is 2.11. The minimum absolute atomic E-state index is 0.280. The third-order valence-electron chi connectivity index (χ3n) is 2.09. The Bertz CT molecular complexity index is 376. The van der Waals surface area contributed by atoms with Crippen LogP contribution < -0.4 is 0 Å². The zero-order chi connectivity index (χ0) is 16.4. The van der Waals surface area contributed by atoms with Gasteiger partial charge in [0.05, 0.1) is 0 Å². The lowest BCUT2D eigenvalue weighted by Gasteiger charge is -2.31. The molecule has 0 aliphatic rings. The predicted octanol–water partition coefficient (Wildman–Crippen LogP) is 5.37. The van der Waals surface area contributed by atoms with E-state index in [1.165, 1.54) is 6.92 Å². The van der Waals surface area contributed by atoms with E-state index in [1.54, 1.807) is 0 Å². The number of halogens is 9. The molecule has 0 nitrogen and oxygen atoms in total. The van der Waals surface area contributed by atoms with Crippen molar-refractivity contribution in [3.8, 4) is 0 Å². The Morgan fingerprint density at radius 2 is 1.40 bits per heavy atom. The molecule has 0 N–H and O–H groups in total. The predicted molar refractivity (Wildman–Crippen MR) is 54.1 cm³/mol. The minimum atomic E-state index is -6.17. The maximum atomic E-state index is 13.0. The van der Waals surface area contributed by atoms with Gasteiger partial charge in [-0.1, -0.05) is 18.2 Å². The van der Waals surface area contributed by atoms with E-state index < -0.39 is 36.4 Å². The average molecular weight is 314 g/mol. The van der Waals surface area contributed by atoms with E-state index in [1.807, 2.05) is 0 Å². The lowest BCUT2D eigenvalue weighted by molar-refractivity contribution is -0.318. The molecule has 9 heteroatoms. The van der Waals surface area contributed by atoms with Gasteiger partial charge in [-0.3, -0.25) is 0 Å². The lowest BCUT2D eigenvalue weighted by Crippen LogP contribution is -2.54. The third-order valence-corrected chi connectivity index (χ3v) is 2.09. The van der Waals surface area contributed by atoms with Crippen LogP contribution in [0.15, 0.2) is 24.3 Å². The van der Waals surface area contributed by atoms with Crippen LogP contribution >= 0.6 is 0 Å². The Morgan fingerprint density at radius 1 is 0.950 bits per heavy atom. The van der Waals surface area contributed by atoms with E-state index in [4.69, 9.17) is 0 Å². The Kier molecular flexibility index (Phi) is 5.36. The van der Waals surface area contributed by atoms with Gasteiger partial charge in [0.1, 0.15) is 6.42 Å². The van der Waals surface area contributed by atoms with Crippen LogP contribution in [-0.2, 0) is 0 Å². The normalized spacial score (nSPS) is 14.9. The SMILES string of the molecule is C=C(C)C/C=C/C(F)(F)C(F)(F)C(F)(F)CC(F)(F)F. The topological polar surface area (TPSA) is 0 Å². The van der Waals surface area contributed by atoms with E-state index in [9.17, 15) is 39.5 Å². The zero-order valence-corrected chi connectivity index (χ0v) is 10.2. The molecule has 0 bridgehead atoms. The molecule has 118 valence electrons. The molecule has 0 spiro atoms. The van der Waals surface area contributed by atoms with Gasteiger partial charge in [0.2, 0.25) is 0 Å². The molecule has 0 aliphatic heterocycles. The summed E-state index contributed by atoms with van der Waals surface area (Å²) in [7, 11) is 0. The molecular formula is C11H11F9. The zero-order valence-electron chi connectivity index (χ0n) is 10.2. The first-order chi connectivity index (χ1) is 8.62. The molecule has 0 aromatic rings. The monoisotopic (exact) mass is 314 g/mol. The van der Waals surface area contributed by atoms with Crippen molar-refractivity contribution in [1.29, 1.82) is 0 Å². The molecule has 0 saturated carbocycles. The fourth-order valence-corrected chi connectivity index (χ4v) is 1.12. The second kappa shape index (κ2) is 5.69. The quantitative estimate of drug-likeness (QED) is 0.457. The van der Waals surface area contributed by atoms with Gasteiger partial charge in [-0.2, -0.15) is 39.5 Å².